The lowest BCUT2D eigenvalue weighted by atomic mass is 9.90. The van der Waals surface area contributed by atoms with Gasteiger partial charge in [0.15, 0.2) is 0 Å². The van der Waals surface area contributed by atoms with Gasteiger partial charge in [0.2, 0.25) is 0 Å². The monoisotopic (exact) mass is 316 g/mol. The van der Waals surface area contributed by atoms with Gasteiger partial charge in [-0.2, -0.15) is 0 Å². The van der Waals surface area contributed by atoms with Gasteiger partial charge in [-0.1, -0.05) is 61.5 Å². The van der Waals surface area contributed by atoms with Gasteiger partial charge >= 0.3 is 0 Å². The van der Waals surface area contributed by atoms with Gasteiger partial charge in [0.05, 0.1) is 0 Å². The molecule has 0 radical (unpaired) electrons. The zero-order valence-electron chi connectivity index (χ0n) is 13.2. The molecule has 22 heavy (non-hydrogen) atoms. The first-order valence-corrected chi connectivity index (χ1v) is 7.75. The average Bonchev–Trinajstić information content (AvgIpc) is 2.91. The number of benzene rings is 2. The number of hydrogen-bond donors (Lipinski definition) is 1. The predicted molar refractivity (Wildman–Crippen MR) is 96.2 cm³/mol. The Labute approximate surface area is 139 Å². The molecule has 3 heteroatoms. The minimum Gasteiger partial charge on any atom is -0.330 e. The highest BCUT2D eigenvalue weighted by Gasteiger charge is 2.32. The van der Waals surface area contributed by atoms with Gasteiger partial charge in [-0.3, -0.25) is 4.90 Å². The first-order valence-electron chi connectivity index (χ1n) is 7.75. The zero-order chi connectivity index (χ0) is 14.7. The summed E-state index contributed by atoms with van der Waals surface area (Å²) in [6, 6.07) is 19.5. The van der Waals surface area contributed by atoms with Gasteiger partial charge in [0, 0.05) is 13.1 Å². The summed E-state index contributed by atoms with van der Waals surface area (Å²) in [5.41, 5.74) is 10.1. The third-order valence-corrected chi connectivity index (χ3v) is 4.60. The van der Waals surface area contributed by atoms with E-state index in [1.54, 1.807) is 0 Å². The van der Waals surface area contributed by atoms with Crippen molar-refractivity contribution in [2.45, 2.75) is 19.9 Å². The molecule has 1 fully saturated rings. The van der Waals surface area contributed by atoms with Crippen LogP contribution in [0.1, 0.15) is 18.9 Å². The summed E-state index contributed by atoms with van der Waals surface area (Å²) >= 11 is 0. The normalized spacial score (nSPS) is 21.5. The van der Waals surface area contributed by atoms with Gasteiger partial charge in [-0.25, -0.2) is 0 Å². The summed E-state index contributed by atoms with van der Waals surface area (Å²) < 4.78 is 0. The Morgan fingerprint density at radius 3 is 2.23 bits per heavy atom. The van der Waals surface area contributed by atoms with E-state index >= 15 is 0 Å². The van der Waals surface area contributed by atoms with Crippen LogP contribution in [0.15, 0.2) is 54.6 Å². The van der Waals surface area contributed by atoms with Crippen molar-refractivity contribution in [3.8, 4) is 11.1 Å². The molecule has 1 atom stereocenters. The van der Waals surface area contributed by atoms with Crippen LogP contribution in [0.5, 0.6) is 0 Å². The summed E-state index contributed by atoms with van der Waals surface area (Å²) in [7, 11) is 0. The first kappa shape index (κ1) is 17.0. The van der Waals surface area contributed by atoms with Crippen LogP contribution in [0.2, 0.25) is 0 Å². The number of halogens is 1. The number of rotatable bonds is 4. The van der Waals surface area contributed by atoms with Crippen molar-refractivity contribution in [3.05, 3.63) is 60.2 Å². The molecule has 1 unspecified atom stereocenters. The third kappa shape index (κ3) is 3.89. The topological polar surface area (TPSA) is 29.3 Å². The Hall–Kier alpha value is -1.35. The molecule has 0 spiro atoms. The zero-order valence-corrected chi connectivity index (χ0v) is 14.0. The maximum absolute atomic E-state index is 5.88. The highest BCUT2D eigenvalue weighted by molar-refractivity contribution is 5.85. The second-order valence-corrected chi connectivity index (χ2v) is 6.54. The van der Waals surface area contributed by atoms with Crippen molar-refractivity contribution in [2.24, 2.45) is 11.1 Å². The summed E-state index contributed by atoms with van der Waals surface area (Å²) in [5, 5.41) is 0. The van der Waals surface area contributed by atoms with E-state index in [1.807, 2.05) is 0 Å². The van der Waals surface area contributed by atoms with Crippen molar-refractivity contribution >= 4 is 12.4 Å². The Bertz CT molecular complexity index is 582. The van der Waals surface area contributed by atoms with Crippen LogP contribution in [0, 0.1) is 5.41 Å². The number of hydrogen-bond acceptors (Lipinski definition) is 2. The van der Waals surface area contributed by atoms with Crippen molar-refractivity contribution in [1.82, 2.24) is 4.90 Å². The molecule has 2 aromatic carbocycles. The van der Waals surface area contributed by atoms with Gasteiger partial charge in [0.1, 0.15) is 0 Å². The maximum Gasteiger partial charge on any atom is 0.0233 e. The van der Waals surface area contributed by atoms with E-state index < -0.39 is 0 Å². The second-order valence-electron chi connectivity index (χ2n) is 6.54. The molecule has 1 aliphatic heterocycles. The standard InChI is InChI=1S/C19H24N2.ClH/c1-19(14-20)11-12-21(15-19)13-16-7-9-18(10-8-16)17-5-3-2-4-6-17;/h2-10H,11-15,20H2,1H3;1H. The molecule has 1 saturated heterocycles. The number of nitrogens with two attached hydrogens (primary N) is 1. The quantitative estimate of drug-likeness (QED) is 0.925. The molecule has 0 amide bonds. The Balaban J connectivity index is 0.00000176. The molecule has 2 nitrogen and oxygen atoms in total. The van der Waals surface area contributed by atoms with E-state index in [1.165, 1.54) is 23.1 Å². The maximum atomic E-state index is 5.88. The van der Waals surface area contributed by atoms with E-state index in [9.17, 15) is 0 Å². The van der Waals surface area contributed by atoms with E-state index in [0.717, 1.165) is 26.2 Å². The summed E-state index contributed by atoms with van der Waals surface area (Å²) in [4.78, 5) is 2.52. The van der Waals surface area contributed by atoms with Gasteiger partial charge in [-0.05, 0) is 41.6 Å². The average molecular weight is 317 g/mol. The lowest BCUT2D eigenvalue weighted by molar-refractivity contribution is 0.274. The van der Waals surface area contributed by atoms with E-state index in [-0.39, 0.29) is 12.4 Å². The Morgan fingerprint density at radius 2 is 1.64 bits per heavy atom. The molecule has 2 N–H and O–H groups in total. The van der Waals surface area contributed by atoms with E-state index in [0.29, 0.717) is 5.41 Å². The predicted octanol–water partition coefficient (Wildman–Crippen LogP) is 3.95. The van der Waals surface area contributed by atoms with E-state index in [4.69, 9.17) is 5.73 Å². The Kier molecular flexibility index (Phi) is 5.63. The molecule has 0 aromatic heterocycles. The fourth-order valence-corrected chi connectivity index (χ4v) is 3.12. The smallest absolute Gasteiger partial charge is 0.0233 e. The number of likely N-dealkylation sites (tertiary alicyclic amines) is 1. The van der Waals surface area contributed by atoms with Gasteiger partial charge in [-0.15, -0.1) is 12.4 Å². The van der Waals surface area contributed by atoms with Crippen LogP contribution in [0.3, 0.4) is 0 Å². The van der Waals surface area contributed by atoms with Crippen molar-refractivity contribution in [3.63, 3.8) is 0 Å². The molecule has 0 aliphatic carbocycles. The van der Waals surface area contributed by atoms with Gasteiger partial charge < -0.3 is 5.73 Å². The molecule has 1 aliphatic rings. The SMILES string of the molecule is CC1(CN)CCN(Cc2ccc(-c3ccccc3)cc2)C1.Cl. The molecule has 1 heterocycles. The van der Waals surface area contributed by atoms with Crippen LogP contribution in [-0.2, 0) is 6.54 Å². The minimum atomic E-state index is 0. The molecule has 0 saturated carbocycles. The van der Waals surface area contributed by atoms with Crippen LogP contribution >= 0.6 is 12.4 Å². The fourth-order valence-electron chi connectivity index (χ4n) is 3.12. The van der Waals surface area contributed by atoms with E-state index in [2.05, 4.69) is 66.4 Å². The summed E-state index contributed by atoms with van der Waals surface area (Å²) in [5.74, 6) is 0. The van der Waals surface area contributed by atoms with Crippen LogP contribution in [-0.4, -0.2) is 24.5 Å². The Morgan fingerprint density at radius 1 is 1.00 bits per heavy atom. The lowest BCUT2D eigenvalue weighted by Crippen LogP contribution is -2.31. The van der Waals surface area contributed by atoms with Crippen LogP contribution in [0.4, 0.5) is 0 Å². The van der Waals surface area contributed by atoms with Crippen molar-refractivity contribution in [2.75, 3.05) is 19.6 Å². The summed E-state index contributed by atoms with van der Waals surface area (Å²) in [6.07, 6.45) is 1.21. The largest absolute Gasteiger partial charge is 0.330 e. The molecular weight excluding hydrogens is 292 g/mol. The van der Waals surface area contributed by atoms with Gasteiger partial charge in [0.25, 0.3) is 0 Å². The fraction of sp³-hybridized carbons (Fsp3) is 0.368. The molecule has 3 rings (SSSR count). The highest BCUT2D eigenvalue weighted by atomic mass is 35.5. The van der Waals surface area contributed by atoms with Crippen molar-refractivity contribution in [1.29, 1.82) is 0 Å². The highest BCUT2D eigenvalue weighted by Crippen LogP contribution is 2.29. The minimum absolute atomic E-state index is 0. The van der Waals surface area contributed by atoms with Crippen LogP contribution in [0.25, 0.3) is 11.1 Å². The molecular formula is C19H25ClN2. The summed E-state index contributed by atoms with van der Waals surface area (Å²) in [6.45, 7) is 6.39. The first-order chi connectivity index (χ1) is 10.2. The second kappa shape index (κ2) is 7.28. The van der Waals surface area contributed by atoms with Crippen LogP contribution < -0.4 is 5.73 Å². The van der Waals surface area contributed by atoms with Crippen molar-refractivity contribution < 1.29 is 0 Å². The molecule has 118 valence electrons. The number of nitrogens with zero attached hydrogens (tertiary/aromatic N) is 1. The lowest BCUT2D eigenvalue weighted by Gasteiger charge is -2.22. The third-order valence-electron chi connectivity index (χ3n) is 4.60. The molecule has 0 bridgehead atoms. The molecule has 2 aromatic rings.